The number of carboxylic acid groups (broad SMARTS) is 1. The Bertz CT molecular complexity index is 1070. The summed E-state index contributed by atoms with van der Waals surface area (Å²) >= 11 is 0. The lowest BCUT2D eigenvalue weighted by atomic mass is 10.0. The lowest BCUT2D eigenvalue weighted by molar-refractivity contribution is 0.0694. The smallest absolute Gasteiger partial charge is 0.341 e. The average Bonchev–Trinajstić information content (AvgIpc) is 2.50. The molecule has 0 atom stereocenters. The van der Waals surface area contributed by atoms with Crippen molar-refractivity contribution in [1.82, 2.24) is 4.57 Å². The Labute approximate surface area is 130 Å². The molecule has 1 N–H and O–H groups in total. The average molecular weight is 308 g/mol. The van der Waals surface area contributed by atoms with Crippen LogP contribution in [0, 0.1) is 17.5 Å². The number of hydrogen-bond acceptors (Lipinski definition) is 2. The number of aromatic carboxylic acids is 1. The number of nitrogens with zero attached hydrogens (tertiary/aromatic N) is 1. The maximum atomic E-state index is 14.7. The van der Waals surface area contributed by atoms with Crippen LogP contribution in [0.3, 0.4) is 0 Å². The van der Waals surface area contributed by atoms with Gasteiger partial charge in [0.15, 0.2) is 17.5 Å². The molecule has 0 spiro atoms. The summed E-state index contributed by atoms with van der Waals surface area (Å²) in [5, 5.41) is 7.96. The Morgan fingerprint density at radius 2 is 1.90 bits per heavy atom. The molecule has 21 heavy (non-hydrogen) atoms. The zero-order chi connectivity index (χ0) is 23.6. The number of benzene rings is 1. The van der Waals surface area contributed by atoms with Crippen LogP contribution in [0.5, 0.6) is 0 Å². The quantitative estimate of drug-likeness (QED) is 0.824. The maximum Gasteiger partial charge on any atom is 0.341 e. The summed E-state index contributed by atoms with van der Waals surface area (Å²) in [6, 6.07) is 0.0301. The van der Waals surface area contributed by atoms with Gasteiger partial charge in [-0.25, -0.2) is 18.0 Å². The Kier molecular flexibility index (Phi) is 1.56. The minimum absolute atomic E-state index is 0.00145. The third-order valence-corrected chi connectivity index (χ3v) is 2.72. The number of fused-ring (bicyclic) bond motifs is 1. The van der Waals surface area contributed by atoms with Crippen LogP contribution in [-0.2, 0) is 5.54 Å². The first kappa shape index (κ1) is 7.11. The fraction of sp³-hybridized carbons (Fsp3) is 0.286. The van der Waals surface area contributed by atoms with Crippen molar-refractivity contribution < 1.29 is 35.4 Å². The van der Waals surface area contributed by atoms with E-state index in [0.717, 1.165) is 0 Å². The van der Waals surface area contributed by atoms with Crippen molar-refractivity contribution in [3.05, 3.63) is 45.5 Å². The van der Waals surface area contributed by atoms with E-state index < -0.39 is 71.4 Å². The molecule has 112 valence electrons. The van der Waals surface area contributed by atoms with Crippen LogP contribution in [-0.4, -0.2) is 15.6 Å². The van der Waals surface area contributed by atoms with Crippen molar-refractivity contribution in [2.75, 3.05) is 0 Å². The molecule has 1 aromatic heterocycles. The molecule has 0 aliphatic rings. The molecule has 0 saturated carbocycles. The van der Waals surface area contributed by atoms with Gasteiger partial charge in [-0.3, -0.25) is 4.79 Å². The van der Waals surface area contributed by atoms with Gasteiger partial charge in [0.25, 0.3) is 0 Å². The fourth-order valence-electron chi connectivity index (χ4n) is 1.81. The lowest BCUT2D eigenvalue weighted by Crippen LogP contribution is -2.28. The molecule has 2 rings (SSSR count). The highest BCUT2D eigenvalue weighted by molar-refractivity contribution is 5.92. The highest BCUT2D eigenvalue weighted by atomic mass is 19.2. The van der Waals surface area contributed by atoms with Gasteiger partial charge in [0.1, 0.15) is 5.56 Å². The van der Waals surface area contributed by atoms with Gasteiger partial charge in [0.05, 0.1) is 10.9 Å². The molecule has 0 aliphatic heterocycles. The molecular formula is C14H12F3NO3. The zero-order valence-electron chi connectivity index (χ0n) is 19.0. The Morgan fingerprint density at radius 3 is 2.43 bits per heavy atom. The van der Waals surface area contributed by atoms with Crippen molar-refractivity contribution in [2.24, 2.45) is 0 Å². The SMILES string of the molecule is [2H]C([2H])([2H])C(n1cc(C(=O)O)c(=O)c2cc(F)c(F)c(F)c21)(C([2H])([2H])[2H])C([2H])([2H])[2H]. The number of pyridine rings is 1. The summed E-state index contributed by atoms with van der Waals surface area (Å²) in [6.45, 7) is -12.0. The van der Waals surface area contributed by atoms with E-state index in [-0.39, 0.29) is 16.8 Å². The first-order valence-electron chi connectivity index (χ1n) is 9.77. The van der Waals surface area contributed by atoms with E-state index in [4.69, 9.17) is 12.3 Å². The van der Waals surface area contributed by atoms with Crippen LogP contribution >= 0.6 is 0 Å². The van der Waals surface area contributed by atoms with Gasteiger partial charge < -0.3 is 9.67 Å². The summed E-state index contributed by atoms with van der Waals surface area (Å²) in [4.78, 5) is 23.8. The second kappa shape index (κ2) is 4.61. The van der Waals surface area contributed by atoms with E-state index in [0.29, 0.717) is 0 Å². The van der Waals surface area contributed by atoms with Crippen LogP contribution in [0.15, 0.2) is 17.1 Å². The van der Waals surface area contributed by atoms with E-state index in [9.17, 15) is 27.9 Å². The van der Waals surface area contributed by atoms with Crippen molar-refractivity contribution in [1.29, 1.82) is 0 Å². The topological polar surface area (TPSA) is 59.3 Å². The first-order valence-corrected chi connectivity index (χ1v) is 5.27. The maximum absolute atomic E-state index is 14.7. The van der Waals surface area contributed by atoms with Gasteiger partial charge in [-0.05, 0) is 26.6 Å². The number of carbonyl (C=O) groups is 1. The van der Waals surface area contributed by atoms with Crippen molar-refractivity contribution in [3.63, 3.8) is 0 Å². The minimum atomic E-state index is -4.03. The molecule has 7 heteroatoms. The standard InChI is InChI=1S/C14H12F3NO3/c1-14(2,3)18-5-7(13(20)21)12(19)6-4-8(15)9(16)10(17)11(6)18/h4-5H,1-3H3,(H,20,21)/i1D3,2D3,3D3. The Hall–Kier alpha value is -2.31. The fourth-order valence-corrected chi connectivity index (χ4v) is 1.81. The van der Waals surface area contributed by atoms with E-state index in [1.54, 1.807) is 0 Å². The van der Waals surface area contributed by atoms with Gasteiger partial charge in [-0.15, -0.1) is 0 Å². The third-order valence-electron chi connectivity index (χ3n) is 2.72. The first-order chi connectivity index (χ1) is 13.3. The summed E-state index contributed by atoms with van der Waals surface area (Å²) < 4.78 is 111. The molecule has 2 aromatic rings. The van der Waals surface area contributed by atoms with Gasteiger partial charge in [0.2, 0.25) is 5.43 Å². The highest BCUT2D eigenvalue weighted by Gasteiger charge is 2.26. The van der Waals surface area contributed by atoms with Gasteiger partial charge in [0, 0.05) is 24.1 Å². The summed E-state index contributed by atoms with van der Waals surface area (Å²) in [5.74, 6) is -8.56. The van der Waals surface area contributed by atoms with Gasteiger partial charge in [-0.2, -0.15) is 0 Å². The van der Waals surface area contributed by atoms with Crippen molar-refractivity contribution >= 4 is 16.9 Å². The van der Waals surface area contributed by atoms with Gasteiger partial charge in [-0.1, -0.05) is 0 Å². The highest BCUT2D eigenvalue weighted by Crippen LogP contribution is 2.26. The van der Waals surface area contributed by atoms with Crippen molar-refractivity contribution in [2.45, 2.75) is 26.1 Å². The van der Waals surface area contributed by atoms with E-state index in [2.05, 4.69) is 0 Å². The summed E-state index contributed by atoms with van der Waals surface area (Å²) in [5.41, 5.74) is -8.54. The molecule has 0 unspecified atom stereocenters. The normalized spacial score (nSPS) is 20.0. The molecule has 4 nitrogen and oxygen atoms in total. The monoisotopic (exact) mass is 308 g/mol. The zero-order valence-corrected chi connectivity index (χ0v) is 10.00. The van der Waals surface area contributed by atoms with Crippen LogP contribution in [0.25, 0.3) is 10.9 Å². The Morgan fingerprint density at radius 1 is 1.29 bits per heavy atom. The molecular weight excluding hydrogens is 287 g/mol. The number of halogens is 3. The predicted octanol–water partition coefficient (Wildman–Crippen LogP) is 2.87. The number of carboxylic acids is 1. The van der Waals surface area contributed by atoms with E-state index in [1.807, 2.05) is 0 Å². The van der Waals surface area contributed by atoms with Crippen molar-refractivity contribution in [3.8, 4) is 0 Å². The molecule has 0 bridgehead atoms. The van der Waals surface area contributed by atoms with Crippen LogP contribution in [0.1, 0.15) is 43.3 Å². The van der Waals surface area contributed by atoms with Crippen LogP contribution in [0.2, 0.25) is 0 Å². The molecule has 0 amide bonds. The predicted molar refractivity (Wildman–Crippen MR) is 70.0 cm³/mol. The molecule has 0 radical (unpaired) electrons. The van der Waals surface area contributed by atoms with Crippen LogP contribution < -0.4 is 5.43 Å². The summed E-state index contributed by atoms with van der Waals surface area (Å²) in [6.07, 6.45) is -0.00145. The van der Waals surface area contributed by atoms with Gasteiger partial charge >= 0.3 is 5.97 Å². The molecule has 1 heterocycles. The summed E-state index contributed by atoms with van der Waals surface area (Å²) in [7, 11) is 0. The molecule has 0 fully saturated rings. The third kappa shape index (κ3) is 2.28. The second-order valence-corrected chi connectivity index (χ2v) is 4.14. The molecule has 0 saturated heterocycles. The largest absolute Gasteiger partial charge is 0.477 e. The van der Waals surface area contributed by atoms with E-state index in [1.165, 1.54) is 0 Å². The number of rotatable bonds is 1. The second-order valence-electron chi connectivity index (χ2n) is 4.14. The number of aromatic nitrogens is 1. The minimum Gasteiger partial charge on any atom is -0.477 e. The lowest BCUT2D eigenvalue weighted by Gasteiger charge is -2.26. The molecule has 1 aromatic carbocycles. The van der Waals surface area contributed by atoms with E-state index >= 15 is 0 Å². The Balaban J connectivity index is 3.42. The van der Waals surface area contributed by atoms with Crippen LogP contribution in [0.4, 0.5) is 13.2 Å². The number of hydrogen-bond donors (Lipinski definition) is 1. The molecule has 0 aliphatic carbocycles.